The third-order valence-electron chi connectivity index (χ3n) is 6.30. The molecule has 0 radical (unpaired) electrons. The van der Waals surface area contributed by atoms with Crippen LogP contribution in [-0.4, -0.2) is 58.7 Å². The van der Waals surface area contributed by atoms with Crippen LogP contribution in [0.3, 0.4) is 0 Å². The van der Waals surface area contributed by atoms with E-state index < -0.39 is 0 Å². The lowest BCUT2D eigenvalue weighted by Crippen LogP contribution is -2.51. The van der Waals surface area contributed by atoms with E-state index in [9.17, 15) is 9.59 Å². The number of carbonyl (C=O) groups excluding carboxylic acids is 2. The molecule has 30 heavy (non-hydrogen) atoms. The molecule has 1 atom stereocenters. The van der Waals surface area contributed by atoms with Crippen LogP contribution < -0.4 is 5.32 Å². The zero-order valence-electron chi connectivity index (χ0n) is 17.5. The molecule has 2 aliphatic heterocycles. The first-order chi connectivity index (χ1) is 14.5. The SMILES string of the molecule is Cc1noc(C)c1C(=O)N1CCC2(CC1)CC(CNC(=O)c1ccncc1)CCO2. The number of aromatic nitrogens is 2. The van der Waals surface area contributed by atoms with Crippen LogP contribution in [0, 0.1) is 19.8 Å². The van der Waals surface area contributed by atoms with Gasteiger partial charge in [-0.15, -0.1) is 0 Å². The van der Waals surface area contributed by atoms with Crippen molar-refractivity contribution in [1.29, 1.82) is 0 Å². The summed E-state index contributed by atoms with van der Waals surface area (Å²) >= 11 is 0. The van der Waals surface area contributed by atoms with Gasteiger partial charge in [0.25, 0.3) is 11.8 Å². The Hall–Kier alpha value is -2.74. The van der Waals surface area contributed by atoms with E-state index >= 15 is 0 Å². The number of carbonyl (C=O) groups is 2. The van der Waals surface area contributed by atoms with Crippen molar-refractivity contribution >= 4 is 11.8 Å². The fourth-order valence-electron chi connectivity index (χ4n) is 4.56. The second-order valence-corrected chi connectivity index (χ2v) is 8.33. The number of hydrogen-bond acceptors (Lipinski definition) is 6. The fourth-order valence-corrected chi connectivity index (χ4v) is 4.56. The Bertz CT molecular complexity index is 884. The van der Waals surface area contributed by atoms with E-state index in [0.717, 1.165) is 25.7 Å². The summed E-state index contributed by atoms with van der Waals surface area (Å²) in [6.45, 7) is 6.19. The number of ether oxygens (including phenoxy) is 1. The molecule has 0 aliphatic carbocycles. The summed E-state index contributed by atoms with van der Waals surface area (Å²) in [7, 11) is 0. The van der Waals surface area contributed by atoms with Crippen molar-refractivity contribution in [3.8, 4) is 0 Å². The second kappa shape index (κ2) is 8.55. The minimum atomic E-state index is -0.209. The first-order valence-corrected chi connectivity index (χ1v) is 10.5. The van der Waals surface area contributed by atoms with Crippen molar-refractivity contribution in [3.05, 3.63) is 47.1 Å². The van der Waals surface area contributed by atoms with Crippen molar-refractivity contribution in [2.24, 2.45) is 5.92 Å². The highest BCUT2D eigenvalue weighted by molar-refractivity contribution is 5.96. The predicted octanol–water partition coefficient (Wildman–Crippen LogP) is 2.52. The summed E-state index contributed by atoms with van der Waals surface area (Å²) in [5.41, 5.74) is 1.63. The number of piperidine rings is 1. The lowest BCUT2D eigenvalue weighted by Gasteiger charge is -2.46. The normalized spacial score (nSPS) is 20.9. The quantitative estimate of drug-likeness (QED) is 0.829. The smallest absolute Gasteiger partial charge is 0.259 e. The molecule has 2 fully saturated rings. The average molecular weight is 412 g/mol. The standard InChI is InChI=1S/C22H28N4O4/c1-15-19(16(2)30-25-15)21(28)26-10-6-22(7-11-26)13-17(5-12-29-22)14-24-20(27)18-3-8-23-9-4-18/h3-4,8-9,17H,5-7,10-14H2,1-2H3,(H,24,27). The topological polar surface area (TPSA) is 97.6 Å². The summed E-state index contributed by atoms with van der Waals surface area (Å²) in [4.78, 5) is 31.0. The van der Waals surface area contributed by atoms with Crippen molar-refractivity contribution in [2.75, 3.05) is 26.2 Å². The van der Waals surface area contributed by atoms with E-state index in [1.165, 1.54) is 0 Å². The van der Waals surface area contributed by atoms with Gasteiger partial charge >= 0.3 is 0 Å². The highest BCUT2D eigenvalue weighted by Gasteiger charge is 2.41. The monoisotopic (exact) mass is 412 g/mol. The maximum absolute atomic E-state index is 12.9. The molecule has 160 valence electrons. The van der Waals surface area contributed by atoms with Gasteiger partial charge in [-0.05, 0) is 57.6 Å². The predicted molar refractivity (Wildman–Crippen MR) is 109 cm³/mol. The zero-order chi connectivity index (χ0) is 21.1. The molecule has 2 aromatic heterocycles. The van der Waals surface area contributed by atoms with Crippen molar-refractivity contribution < 1.29 is 18.8 Å². The van der Waals surface area contributed by atoms with Crippen LogP contribution in [0.5, 0.6) is 0 Å². The zero-order valence-corrected chi connectivity index (χ0v) is 17.5. The van der Waals surface area contributed by atoms with Gasteiger partial charge in [0.15, 0.2) is 0 Å². The van der Waals surface area contributed by atoms with Crippen LogP contribution in [-0.2, 0) is 4.74 Å². The van der Waals surface area contributed by atoms with E-state index in [-0.39, 0.29) is 17.4 Å². The molecule has 2 aliphatic rings. The number of rotatable bonds is 4. The summed E-state index contributed by atoms with van der Waals surface area (Å²) in [5, 5.41) is 6.94. The van der Waals surface area contributed by atoms with Gasteiger partial charge in [0.1, 0.15) is 11.3 Å². The molecule has 0 saturated carbocycles. The minimum Gasteiger partial charge on any atom is -0.375 e. The third-order valence-corrected chi connectivity index (χ3v) is 6.30. The minimum absolute atomic E-state index is 0.0157. The maximum Gasteiger partial charge on any atom is 0.259 e. The molecule has 0 bridgehead atoms. The third kappa shape index (κ3) is 4.23. The molecule has 4 heterocycles. The molecular weight excluding hydrogens is 384 g/mol. The van der Waals surface area contributed by atoms with E-state index in [4.69, 9.17) is 9.26 Å². The number of likely N-dealkylation sites (tertiary alicyclic amines) is 1. The first kappa shape index (κ1) is 20.5. The Balaban J connectivity index is 1.31. The average Bonchev–Trinajstić information content (AvgIpc) is 3.11. The molecular formula is C22H28N4O4. The highest BCUT2D eigenvalue weighted by atomic mass is 16.5. The lowest BCUT2D eigenvalue weighted by molar-refractivity contribution is -0.122. The maximum atomic E-state index is 12.9. The Morgan fingerprint density at radius 2 is 1.97 bits per heavy atom. The summed E-state index contributed by atoms with van der Waals surface area (Å²) in [6, 6.07) is 3.43. The Morgan fingerprint density at radius 3 is 2.63 bits per heavy atom. The lowest BCUT2D eigenvalue weighted by atomic mass is 9.79. The van der Waals surface area contributed by atoms with Gasteiger partial charge in [0.2, 0.25) is 0 Å². The number of hydrogen-bond donors (Lipinski definition) is 1. The van der Waals surface area contributed by atoms with Crippen LogP contribution in [0.1, 0.15) is 57.9 Å². The van der Waals surface area contributed by atoms with E-state index in [1.54, 1.807) is 38.4 Å². The van der Waals surface area contributed by atoms with Gasteiger partial charge in [0.05, 0.1) is 11.3 Å². The number of aryl methyl sites for hydroxylation is 2. The van der Waals surface area contributed by atoms with Crippen LogP contribution in [0.4, 0.5) is 0 Å². The van der Waals surface area contributed by atoms with Crippen molar-refractivity contribution in [3.63, 3.8) is 0 Å². The van der Waals surface area contributed by atoms with Crippen LogP contribution in [0.15, 0.2) is 29.0 Å². The second-order valence-electron chi connectivity index (χ2n) is 8.33. The largest absolute Gasteiger partial charge is 0.375 e. The Kier molecular flexibility index (Phi) is 5.85. The summed E-state index contributed by atoms with van der Waals surface area (Å²) < 4.78 is 11.4. The van der Waals surface area contributed by atoms with Gasteiger partial charge in [-0.1, -0.05) is 5.16 Å². The Labute approximate surface area is 176 Å². The fraction of sp³-hybridized carbons (Fsp3) is 0.545. The van der Waals surface area contributed by atoms with Crippen LogP contribution in [0.25, 0.3) is 0 Å². The molecule has 2 saturated heterocycles. The van der Waals surface area contributed by atoms with E-state index in [0.29, 0.717) is 54.7 Å². The van der Waals surface area contributed by atoms with Gasteiger partial charge < -0.3 is 19.5 Å². The number of pyridine rings is 1. The molecule has 2 aromatic rings. The molecule has 4 rings (SSSR count). The molecule has 1 N–H and O–H groups in total. The van der Waals surface area contributed by atoms with Gasteiger partial charge in [-0.2, -0.15) is 0 Å². The molecule has 1 spiro atoms. The molecule has 8 heteroatoms. The van der Waals surface area contributed by atoms with Crippen molar-refractivity contribution in [2.45, 2.75) is 45.1 Å². The molecule has 2 amide bonds. The van der Waals surface area contributed by atoms with Gasteiger partial charge in [-0.3, -0.25) is 14.6 Å². The summed E-state index contributed by atoms with van der Waals surface area (Å²) in [6.07, 6.45) is 6.68. The Morgan fingerprint density at radius 1 is 1.23 bits per heavy atom. The molecule has 0 aromatic carbocycles. The number of nitrogens with zero attached hydrogens (tertiary/aromatic N) is 3. The number of amides is 2. The van der Waals surface area contributed by atoms with Crippen molar-refractivity contribution in [1.82, 2.24) is 20.4 Å². The van der Waals surface area contributed by atoms with Gasteiger partial charge in [-0.25, -0.2) is 0 Å². The highest BCUT2D eigenvalue weighted by Crippen LogP contribution is 2.38. The van der Waals surface area contributed by atoms with Crippen LogP contribution >= 0.6 is 0 Å². The van der Waals surface area contributed by atoms with E-state index in [2.05, 4.69) is 15.5 Å². The summed E-state index contributed by atoms with van der Waals surface area (Å²) in [5.74, 6) is 0.849. The first-order valence-electron chi connectivity index (χ1n) is 10.5. The number of nitrogens with one attached hydrogen (secondary N) is 1. The molecule has 1 unspecified atom stereocenters. The molecule has 8 nitrogen and oxygen atoms in total. The van der Waals surface area contributed by atoms with E-state index in [1.807, 2.05) is 4.90 Å². The van der Waals surface area contributed by atoms with Gasteiger partial charge in [0, 0.05) is 44.2 Å². The van der Waals surface area contributed by atoms with Crippen LogP contribution in [0.2, 0.25) is 0 Å².